The summed E-state index contributed by atoms with van der Waals surface area (Å²) in [6.07, 6.45) is 3.10. The molecule has 0 aliphatic rings. The Hall–Kier alpha value is -1.32. The first-order chi connectivity index (χ1) is 9.69. The number of rotatable bonds is 4. The fourth-order valence-electron chi connectivity index (χ4n) is 1.72. The first-order valence-electron chi connectivity index (χ1n) is 6.21. The topological polar surface area (TPSA) is 35.5 Å². The molecular weight excluding hydrogens is 488 g/mol. The minimum absolute atomic E-state index is 0. The third-order valence-corrected chi connectivity index (χ3v) is 2.61. The monoisotopic (exact) mass is 504 g/mol. The molecule has 0 unspecified atom stereocenters. The van der Waals surface area contributed by atoms with E-state index >= 15 is 0 Å². The minimum atomic E-state index is -0.383. The predicted octanol–water partition coefficient (Wildman–Crippen LogP) is 0.452. The van der Waals surface area contributed by atoms with Crippen LogP contribution < -0.4 is 17.1 Å². The van der Waals surface area contributed by atoms with Gasteiger partial charge in [-0.1, -0.05) is 42.5 Å². The molecule has 22 heavy (non-hydrogen) atoms. The number of hydrogen-bond acceptors (Lipinski definition) is 3. The number of halogens is 1. The maximum absolute atomic E-state index is 11.3. The van der Waals surface area contributed by atoms with Gasteiger partial charge in [-0.05, 0) is 17.7 Å². The molecule has 0 aliphatic carbocycles. The number of esters is 1. The molecule has 0 spiro atoms. The van der Waals surface area contributed by atoms with Gasteiger partial charge in [-0.15, -0.1) is 0 Å². The summed E-state index contributed by atoms with van der Waals surface area (Å²) in [5, 5.41) is 0. The van der Waals surface area contributed by atoms with Gasteiger partial charge < -0.3 is 21.9 Å². The van der Waals surface area contributed by atoms with E-state index in [9.17, 15) is 4.79 Å². The Morgan fingerprint density at radius 3 is 2.32 bits per heavy atom. The summed E-state index contributed by atoms with van der Waals surface area (Å²) in [7, 11) is 1.59. The Labute approximate surface area is 157 Å². The Morgan fingerprint density at radius 2 is 1.73 bits per heavy atom. The van der Waals surface area contributed by atoms with Gasteiger partial charge in [0, 0.05) is 18.6 Å². The van der Waals surface area contributed by atoms with Gasteiger partial charge >= 0.3 is 33.6 Å². The molecule has 0 saturated carbocycles. The SMILES string of the molecule is COc1cccc(C(=[C]c2ccccc2)OC(C)=O)c1.[Cl-].[Hg+]. The van der Waals surface area contributed by atoms with E-state index in [4.69, 9.17) is 9.47 Å². The van der Waals surface area contributed by atoms with Crippen molar-refractivity contribution in [2.75, 3.05) is 7.11 Å². The van der Waals surface area contributed by atoms with Crippen molar-refractivity contribution >= 4 is 11.7 Å². The maximum Gasteiger partial charge on any atom is 1.00 e. The number of methoxy groups -OCH3 is 1. The number of carbonyl (C=O) groups is 1. The molecule has 3 nitrogen and oxygen atoms in total. The summed E-state index contributed by atoms with van der Waals surface area (Å²) in [6, 6.07) is 16.8. The largest absolute Gasteiger partial charge is 1.00 e. The summed E-state index contributed by atoms with van der Waals surface area (Å²) in [6.45, 7) is 1.37. The molecule has 0 bridgehead atoms. The van der Waals surface area contributed by atoms with Crippen molar-refractivity contribution in [3.05, 3.63) is 71.8 Å². The molecule has 2 rings (SSSR count). The second kappa shape index (κ2) is 10.4. The van der Waals surface area contributed by atoms with E-state index in [2.05, 4.69) is 6.08 Å². The molecule has 0 saturated heterocycles. The van der Waals surface area contributed by atoms with Crippen molar-refractivity contribution < 1.29 is 54.3 Å². The van der Waals surface area contributed by atoms with Gasteiger partial charge in [0.25, 0.3) is 0 Å². The standard InChI is InChI=1S/C17H15O3.ClH.Hg/c1-13(18)20-17(11-14-7-4-3-5-8-14)15-9-6-10-16(12-15)19-2;;/h3-10,12H,1-2H3;1H;/q;;+1/p-1. The molecule has 0 amide bonds. The van der Waals surface area contributed by atoms with E-state index < -0.39 is 0 Å². The molecule has 2 radical (unpaired) electrons. The van der Waals surface area contributed by atoms with E-state index in [-0.39, 0.29) is 46.0 Å². The Morgan fingerprint density at radius 1 is 1.05 bits per heavy atom. The smallest absolute Gasteiger partial charge is 1.00 e. The predicted molar refractivity (Wildman–Crippen MR) is 77.0 cm³/mol. The van der Waals surface area contributed by atoms with Crippen LogP contribution in [0.25, 0.3) is 5.76 Å². The van der Waals surface area contributed by atoms with Crippen molar-refractivity contribution in [1.82, 2.24) is 0 Å². The van der Waals surface area contributed by atoms with Gasteiger partial charge in [0.15, 0.2) is 0 Å². The molecule has 0 aliphatic heterocycles. The van der Waals surface area contributed by atoms with Crippen LogP contribution in [0.15, 0.2) is 54.6 Å². The van der Waals surface area contributed by atoms with Crippen LogP contribution in [-0.2, 0) is 37.2 Å². The minimum Gasteiger partial charge on any atom is -1.00 e. The summed E-state index contributed by atoms with van der Waals surface area (Å²) in [5.41, 5.74) is 1.58. The second-order valence-corrected chi connectivity index (χ2v) is 4.15. The zero-order valence-corrected chi connectivity index (χ0v) is 18.8. The van der Waals surface area contributed by atoms with Gasteiger partial charge in [-0.3, -0.25) is 4.79 Å². The molecule has 5 heteroatoms. The van der Waals surface area contributed by atoms with Gasteiger partial charge in [0.2, 0.25) is 0 Å². The molecule has 2 aromatic rings. The van der Waals surface area contributed by atoms with Crippen LogP contribution in [0, 0.1) is 6.08 Å². The Balaban J connectivity index is 0.00000220. The van der Waals surface area contributed by atoms with Crippen LogP contribution in [0.5, 0.6) is 5.75 Å². The quantitative estimate of drug-likeness (QED) is 0.263. The number of carbonyl (C=O) groups excluding carboxylic acids is 1. The van der Waals surface area contributed by atoms with E-state index in [0.29, 0.717) is 11.5 Å². The average molecular weight is 503 g/mol. The fraction of sp³-hybridized carbons (Fsp3) is 0.118. The summed E-state index contributed by atoms with van der Waals surface area (Å²) >= 11 is 0. The van der Waals surface area contributed by atoms with Crippen molar-refractivity contribution in [2.24, 2.45) is 0 Å². The van der Waals surface area contributed by atoms with Crippen LogP contribution >= 0.6 is 0 Å². The third kappa shape index (κ3) is 6.20. The van der Waals surface area contributed by atoms with Gasteiger partial charge in [-0.25, -0.2) is 0 Å². The van der Waals surface area contributed by atoms with Gasteiger partial charge in [0.1, 0.15) is 11.5 Å². The first-order valence-corrected chi connectivity index (χ1v) is 6.21. The van der Waals surface area contributed by atoms with Crippen LogP contribution in [0.1, 0.15) is 18.1 Å². The fourth-order valence-corrected chi connectivity index (χ4v) is 1.72. The molecule has 0 fully saturated rings. The van der Waals surface area contributed by atoms with Crippen LogP contribution in [0.4, 0.5) is 0 Å². The molecule has 0 aromatic heterocycles. The van der Waals surface area contributed by atoms with E-state index in [1.807, 2.05) is 48.5 Å². The van der Waals surface area contributed by atoms with Crippen molar-refractivity contribution in [1.29, 1.82) is 0 Å². The number of hydrogen-bond donors (Lipinski definition) is 0. The van der Waals surface area contributed by atoms with E-state index in [0.717, 1.165) is 11.1 Å². The first kappa shape index (κ1) is 20.7. The normalized spacial score (nSPS) is 10.0. The van der Waals surface area contributed by atoms with E-state index in [1.165, 1.54) is 6.92 Å². The van der Waals surface area contributed by atoms with Crippen molar-refractivity contribution in [3.8, 4) is 5.75 Å². The maximum atomic E-state index is 11.3. The molecule has 0 N–H and O–H groups in total. The zero-order valence-electron chi connectivity index (χ0n) is 12.5. The molecule has 0 atom stereocenters. The Bertz CT molecular complexity index is 627. The summed E-state index contributed by atoms with van der Waals surface area (Å²) < 4.78 is 10.4. The van der Waals surface area contributed by atoms with Crippen LogP contribution in [0.3, 0.4) is 0 Å². The van der Waals surface area contributed by atoms with Crippen LogP contribution in [0.2, 0.25) is 0 Å². The molecule has 110 valence electrons. The third-order valence-electron chi connectivity index (χ3n) is 2.61. The zero-order chi connectivity index (χ0) is 14.4. The van der Waals surface area contributed by atoms with Crippen molar-refractivity contribution in [2.45, 2.75) is 6.92 Å². The number of benzene rings is 2. The second-order valence-electron chi connectivity index (χ2n) is 4.15. The summed E-state index contributed by atoms with van der Waals surface area (Å²) in [5.74, 6) is 0.691. The molecular formula is C17H15ClHgO3. The number of ether oxygens (including phenoxy) is 2. The van der Waals surface area contributed by atoms with Gasteiger partial charge in [0.05, 0.1) is 7.11 Å². The average Bonchev–Trinajstić information content (AvgIpc) is 2.47. The molecule has 2 aromatic carbocycles. The van der Waals surface area contributed by atoms with Crippen LogP contribution in [-0.4, -0.2) is 13.1 Å². The van der Waals surface area contributed by atoms with Gasteiger partial charge in [-0.2, -0.15) is 0 Å². The summed E-state index contributed by atoms with van der Waals surface area (Å²) in [4.78, 5) is 11.3. The Kier molecular flexibility index (Phi) is 9.78. The molecule has 0 heterocycles. The van der Waals surface area contributed by atoms with E-state index in [1.54, 1.807) is 13.2 Å². The van der Waals surface area contributed by atoms with Crippen molar-refractivity contribution in [3.63, 3.8) is 0 Å².